The summed E-state index contributed by atoms with van der Waals surface area (Å²) in [5.41, 5.74) is 1.22. The Balaban J connectivity index is 2.15. The van der Waals surface area contributed by atoms with Gasteiger partial charge >= 0.3 is 0 Å². The molecule has 2 rings (SSSR count). The molecular weight excluding hydrogens is 212 g/mol. The number of Topliss-reactive ketones (excluding diaryl/α,β-unsaturated/α-hetero) is 1. The van der Waals surface area contributed by atoms with E-state index < -0.39 is 0 Å². The number of nitrogens with zero attached hydrogens (tertiary/aromatic N) is 2. The average Bonchev–Trinajstić information content (AvgIpc) is 2.36. The molecule has 0 bridgehead atoms. The number of ketones is 1. The van der Waals surface area contributed by atoms with Gasteiger partial charge in [-0.1, -0.05) is 13.0 Å². The van der Waals surface area contributed by atoms with Crippen LogP contribution >= 0.6 is 0 Å². The van der Waals surface area contributed by atoms with E-state index in [0.29, 0.717) is 24.3 Å². The number of carbonyl (C=O) groups is 1. The summed E-state index contributed by atoms with van der Waals surface area (Å²) in [7, 11) is 0. The second-order valence-corrected chi connectivity index (χ2v) is 4.95. The molecule has 1 aromatic heterocycles. The predicted molar refractivity (Wildman–Crippen MR) is 67.6 cm³/mol. The van der Waals surface area contributed by atoms with Crippen LogP contribution in [0.15, 0.2) is 24.5 Å². The third-order valence-electron chi connectivity index (χ3n) is 4.04. The lowest BCUT2D eigenvalue weighted by Crippen LogP contribution is -2.47. The zero-order chi connectivity index (χ0) is 12.4. The van der Waals surface area contributed by atoms with Crippen LogP contribution in [0.25, 0.3) is 0 Å². The van der Waals surface area contributed by atoms with Crippen LogP contribution in [0.4, 0.5) is 0 Å². The SMILES string of the molecule is CC1C(=O)CCN(C(C)c2cccnc2)C1C. The third-order valence-corrected chi connectivity index (χ3v) is 4.04. The predicted octanol–water partition coefficient (Wildman–Crippen LogP) is 2.44. The van der Waals surface area contributed by atoms with Gasteiger partial charge in [0.2, 0.25) is 0 Å². The Morgan fingerprint density at radius 2 is 2.24 bits per heavy atom. The molecular formula is C14H20N2O. The number of hydrogen-bond acceptors (Lipinski definition) is 3. The van der Waals surface area contributed by atoms with Gasteiger partial charge in [-0.25, -0.2) is 0 Å². The monoisotopic (exact) mass is 232 g/mol. The molecule has 17 heavy (non-hydrogen) atoms. The molecule has 3 heteroatoms. The second-order valence-electron chi connectivity index (χ2n) is 4.95. The summed E-state index contributed by atoms with van der Waals surface area (Å²) in [4.78, 5) is 18.2. The lowest BCUT2D eigenvalue weighted by Gasteiger charge is -2.40. The number of carbonyl (C=O) groups excluding carboxylic acids is 1. The maximum Gasteiger partial charge on any atom is 0.138 e. The van der Waals surface area contributed by atoms with Crippen molar-refractivity contribution in [3.63, 3.8) is 0 Å². The van der Waals surface area contributed by atoms with E-state index in [1.165, 1.54) is 5.56 Å². The number of likely N-dealkylation sites (tertiary alicyclic amines) is 1. The summed E-state index contributed by atoms with van der Waals surface area (Å²) in [5.74, 6) is 0.537. The molecule has 0 amide bonds. The Bertz CT molecular complexity index is 390. The zero-order valence-electron chi connectivity index (χ0n) is 10.8. The van der Waals surface area contributed by atoms with E-state index in [9.17, 15) is 4.79 Å². The van der Waals surface area contributed by atoms with Gasteiger partial charge in [-0.3, -0.25) is 14.7 Å². The molecule has 2 heterocycles. The lowest BCUT2D eigenvalue weighted by atomic mass is 9.89. The van der Waals surface area contributed by atoms with E-state index >= 15 is 0 Å². The van der Waals surface area contributed by atoms with Crippen LogP contribution in [0.2, 0.25) is 0 Å². The molecule has 0 radical (unpaired) electrons. The van der Waals surface area contributed by atoms with Crippen LogP contribution in [0.1, 0.15) is 38.8 Å². The van der Waals surface area contributed by atoms with Crippen LogP contribution < -0.4 is 0 Å². The van der Waals surface area contributed by atoms with Crippen molar-refractivity contribution in [2.75, 3.05) is 6.54 Å². The number of hydrogen-bond donors (Lipinski definition) is 0. The summed E-state index contributed by atoms with van der Waals surface area (Å²) in [5, 5.41) is 0. The molecule has 0 spiro atoms. The summed E-state index contributed by atoms with van der Waals surface area (Å²) >= 11 is 0. The van der Waals surface area contributed by atoms with Crippen LogP contribution in [0.5, 0.6) is 0 Å². The van der Waals surface area contributed by atoms with Crippen LogP contribution in [0, 0.1) is 5.92 Å². The topological polar surface area (TPSA) is 33.2 Å². The van der Waals surface area contributed by atoms with Crippen LogP contribution in [0.3, 0.4) is 0 Å². The van der Waals surface area contributed by atoms with Gasteiger partial charge in [0, 0.05) is 43.4 Å². The Kier molecular flexibility index (Phi) is 3.57. The normalized spacial score (nSPS) is 28.1. The van der Waals surface area contributed by atoms with Crippen LogP contribution in [-0.4, -0.2) is 28.3 Å². The largest absolute Gasteiger partial charge is 0.299 e. The first-order chi connectivity index (χ1) is 8.11. The van der Waals surface area contributed by atoms with E-state index in [0.717, 1.165) is 6.54 Å². The Morgan fingerprint density at radius 3 is 2.88 bits per heavy atom. The van der Waals surface area contributed by atoms with E-state index in [1.807, 2.05) is 19.2 Å². The maximum absolute atomic E-state index is 11.7. The summed E-state index contributed by atoms with van der Waals surface area (Å²) < 4.78 is 0. The lowest BCUT2D eigenvalue weighted by molar-refractivity contribution is -0.128. The number of piperidine rings is 1. The van der Waals surface area contributed by atoms with Gasteiger partial charge in [0.15, 0.2) is 0 Å². The first kappa shape index (κ1) is 12.2. The van der Waals surface area contributed by atoms with Crippen molar-refractivity contribution in [1.82, 2.24) is 9.88 Å². The molecule has 0 N–H and O–H groups in total. The Labute approximate surface area is 103 Å². The zero-order valence-corrected chi connectivity index (χ0v) is 10.8. The standard InChI is InChI=1S/C14H20N2O/c1-10-11(2)16(8-6-14(10)17)12(3)13-5-4-7-15-9-13/h4-5,7,9-12H,6,8H2,1-3H3. The number of pyridine rings is 1. The highest BCUT2D eigenvalue weighted by molar-refractivity contribution is 5.82. The molecule has 1 aliphatic heterocycles. The molecule has 3 unspecified atom stereocenters. The summed E-state index contributed by atoms with van der Waals surface area (Å²) in [6.07, 6.45) is 4.39. The third kappa shape index (κ3) is 2.39. The highest BCUT2D eigenvalue weighted by Crippen LogP contribution is 2.29. The summed E-state index contributed by atoms with van der Waals surface area (Å²) in [6.45, 7) is 7.24. The van der Waals surface area contributed by atoms with Gasteiger partial charge in [0.05, 0.1) is 0 Å². The minimum Gasteiger partial charge on any atom is -0.299 e. The molecule has 0 aromatic carbocycles. The average molecular weight is 232 g/mol. The minimum atomic E-state index is 0.142. The number of aromatic nitrogens is 1. The van der Waals surface area contributed by atoms with Crippen molar-refractivity contribution in [1.29, 1.82) is 0 Å². The van der Waals surface area contributed by atoms with Crippen molar-refractivity contribution >= 4 is 5.78 Å². The van der Waals surface area contributed by atoms with Crippen molar-refractivity contribution in [3.8, 4) is 0 Å². The highest BCUT2D eigenvalue weighted by atomic mass is 16.1. The van der Waals surface area contributed by atoms with Gasteiger partial charge in [0.25, 0.3) is 0 Å². The fourth-order valence-electron chi connectivity index (χ4n) is 2.59. The molecule has 0 saturated carbocycles. The quantitative estimate of drug-likeness (QED) is 0.785. The van der Waals surface area contributed by atoms with Crippen LogP contribution in [-0.2, 0) is 4.79 Å². The first-order valence-electron chi connectivity index (χ1n) is 6.29. The van der Waals surface area contributed by atoms with E-state index in [-0.39, 0.29) is 5.92 Å². The maximum atomic E-state index is 11.7. The molecule has 1 aliphatic rings. The summed E-state index contributed by atoms with van der Waals surface area (Å²) in [6, 6.07) is 4.71. The van der Waals surface area contributed by atoms with Gasteiger partial charge in [-0.05, 0) is 25.5 Å². The van der Waals surface area contributed by atoms with E-state index in [1.54, 1.807) is 6.20 Å². The smallest absolute Gasteiger partial charge is 0.138 e. The molecule has 1 saturated heterocycles. The fourth-order valence-corrected chi connectivity index (χ4v) is 2.59. The molecule has 1 fully saturated rings. The van der Waals surface area contributed by atoms with Gasteiger partial charge in [-0.15, -0.1) is 0 Å². The molecule has 92 valence electrons. The van der Waals surface area contributed by atoms with Gasteiger partial charge < -0.3 is 0 Å². The Hall–Kier alpha value is -1.22. The molecule has 0 aliphatic carbocycles. The van der Waals surface area contributed by atoms with Crippen molar-refractivity contribution < 1.29 is 4.79 Å². The van der Waals surface area contributed by atoms with E-state index in [4.69, 9.17) is 0 Å². The van der Waals surface area contributed by atoms with Crippen molar-refractivity contribution in [2.45, 2.75) is 39.3 Å². The highest BCUT2D eigenvalue weighted by Gasteiger charge is 2.33. The van der Waals surface area contributed by atoms with E-state index in [2.05, 4.69) is 29.8 Å². The number of rotatable bonds is 2. The molecule has 1 aromatic rings. The minimum absolute atomic E-state index is 0.142. The second kappa shape index (κ2) is 4.96. The van der Waals surface area contributed by atoms with Gasteiger partial charge in [-0.2, -0.15) is 0 Å². The van der Waals surface area contributed by atoms with Gasteiger partial charge in [0.1, 0.15) is 5.78 Å². The first-order valence-corrected chi connectivity index (χ1v) is 6.29. The van der Waals surface area contributed by atoms with Crippen molar-refractivity contribution in [2.24, 2.45) is 5.92 Å². The van der Waals surface area contributed by atoms with Crippen molar-refractivity contribution in [3.05, 3.63) is 30.1 Å². The Morgan fingerprint density at radius 1 is 1.47 bits per heavy atom. The fraction of sp³-hybridized carbons (Fsp3) is 0.571. The molecule has 3 nitrogen and oxygen atoms in total. The molecule has 3 atom stereocenters.